The average molecular weight is 266 g/mol. The monoisotopic (exact) mass is 266 g/mol. The Morgan fingerprint density at radius 1 is 1.41 bits per heavy atom. The first kappa shape index (κ1) is 14.9. The Kier molecular flexibility index (Phi) is 4.24. The van der Waals surface area contributed by atoms with E-state index in [0.717, 1.165) is 0 Å². The molecular weight excluding hydrogens is 244 g/mol. The van der Waals surface area contributed by atoms with Crippen LogP contribution in [0.4, 0.5) is 0 Å². The van der Waals surface area contributed by atoms with Gasteiger partial charge < -0.3 is 14.6 Å². The molecule has 0 aromatic carbocycles. The maximum absolute atomic E-state index is 11.8. The van der Waals surface area contributed by atoms with E-state index in [0.29, 0.717) is 0 Å². The van der Waals surface area contributed by atoms with Gasteiger partial charge in [0.15, 0.2) is 15.6 Å². The Labute approximate surface area is 103 Å². The van der Waals surface area contributed by atoms with Gasteiger partial charge in [-0.2, -0.15) is 0 Å². The van der Waals surface area contributed by atoms with Crippen LogP contribution in [0.25, 0.3) is 0 Å². The molecule has 0 aromatic heterocycles. The summed E-state index contributed by atoms with van der Waals surface area (Å²) in [7, 11) is -3.21. The van der Waals surface area contributed by atoms with E-state index >= 15 is 0 Å². The molecule has 1 fully saturated rings. The van der Waals surface area contributed by atoms with Crippen molar-refractivity contribution in [1.29, 1.82) is 0 Å². The molecule has 5 nitrogen and oxygen atoms in total. The molecule has 0 aromatic rings. The number of aliphatic hydroxyl groups excluding tert-OH is 1. The third-order valence-corrected chi connectivity index (χ3v) is 4.76. The smallest absolute Gasteiger partial charge is 0.187 e. The van der Waals surface area contributed by atoms with Crippen LogP contribution >= 0.6 is 0 Å². The Bertz CT molecular complexity index is 357. The molecule has 0 amide bonds. The minimum absolute atomic E-state index is 0.0569. The maximum atomic E-state index is 11.8. The number of hydrogen-bond acceptors (Lipinski definition) is 5. The van der Waals surface area contributed by atoms with Gasteiger partial charge >= 0.3 is 0 Å². The number of hydrogen-bond donors (Lipinski definition) is 1. The van der Waals surface area contributed by atoms with E-state index in [2.05, 4.69) is 0 Å². The van der Waals surface area contributed by atoms with Gasteiger partial charge in [-0.15, -0.1) is 0 Å². The standard InChI is InChI=1S/C11H22O5S/c1-5-17(13,14)8-11(10(2,3)4)15-7-9(6-12)16-11/h9,12H,5-8H2,1-4H3/t9-,11-/m0/s1. The fourth-order valence-corrected chi connectivity index (χ4v) is 3.10. The quantitative estimate of drug-likeness (QED) is 0.805. The number of aliphatic hydroxyl groups is 1. The summed E-state index contributed by atoms with van der Waals surface area (Å²) in [5, 5.41) is 9.07. The van der Waals surface area contributed by atoms with E-state index in [4.69, 9.17) is 14.6 Å². The summed E-state index contributed by atoms with van der Waals surface area (Å²) < 4.78 is 34.8. The molecule has 1 rings (SSSR count). The van der Waals surface area contributed by atoms with Crippen molar-refractivity contribution in [2.24, 2.45) is 5.41 Å². The SMILES string of the molecule is CCS(=O)(=O)C[C@]1(C(C)(C)C)OC[C@H](CO)O1. The molecule has 0 aliphatic carbocycles. The van der Waals surface area contributed by atoms with E-state index in [-0.39, 0.29) is 24.7 Å². The topological polar surface area (TPSA) is 72.8 Å². The minimum atomic E-state index is -3.21. The highest BCUT2D eigenvalue weighted by atomic mass is 32.2. The predicted molar refractivity (Wildman–Crippen MR) is 64.4 cm³/mol. The molecule has 0 spiro atoms. The van der Waals surface area contributed by atoms with Gasteiger partial charge in [0, 0.05) is 11.2 Å². The van der Waals surface area contributed by atoms with Gasteiger partial charge in [-0.1, -0.05) is 27.7 Å². The van der Waals surface area contributed by atoms with Crippen LogP contribution in [0.5, 0.6) is 0 Å². The lowest BCUT2D eigenvalue weighted by Gasteiger charge is -2.39. The molecule has 1 aliphatic rings. The van der Waals surface area contributed by atoms with Crippen molar-refractivity contribution in [1.82, 2.24) is 0 Å². The average Bonchev–Trinajstić information content (AvgIpc) is 2.61. The molecule has 1 saturated heterocycles. The van der Waals surface area contributed by atoms with E-state index < -0.39 is 27.1 Å². The zero-order valence-corrected chi connectivity index (χ0v) is 11.7. The zero-order chi connectivity index (χ0) is 13.3. The summed E-state index contributed by atoms with van der Waals surface area (Å²) in [4.78, 5) is 0. The van der Waals surface area contributed by atoms with Crippen molar-refractivity contribution in [3.05, 3.63) is 0 Å². The Hall–Kier alpha value is -0.170. The van der Waals surface area contributed by atoms with E-state index in [1.54, 1.807) is 6.92 Å². The van der Waals surface area contributed by atoms with Gasteiger partial charge in [-0.05, 0) is 0 Å². The Morgan fingerprint density at radius 2 is 2.00 bits per heavy atom. The lowest BCUT2D eigenvalue weighted by atomic mass is 9.86. The second kappa shape index (κ2) is 4.84. The number of rotatable bonds is 4. The van der Waals surface area contributed by atoms with Gasteiger partial charge in [0.1, 0.15) is 11.9 Å². The van der Waals surface area contributed by atoms with Gasteiger partial charge in [-0.25, -0.2) is 8.42 Å². The van der Waals surface area contributed by atoms with E-state index in [1.165, 1.54) is 0 Å². The summed E-state index contributed by atoms with van der Waals surface area (Å²) in [6, 6.07) is 0. The molecule has 102 valence electrons. The van der Waals surface area contributed by atoms with Crippen LogP contribution in [-0.2, 0) is 19.3 Å². The van der Waals surface area contributed by atoms with Crippen LogP contribution in [-0.4, -0.2) is 50.1 Å². The minimum Gasteiger partial charge on any atom is -0.394 e. The molecule has 17 heavy (non-hydrogen) atoms. The van der Waals surface area contributed by atoms with Crippen LogP contribution in [0.3, 0.4) is 0 Å². The van der Waals surface area contributed by atoms with Crippen molar-refractivity contribution in [2.75, 3.05) is 24.7 Å². The van der Waals surface area contributed by atoms with Crippen molar-refractivity contribution < 1.29 is 23.0 Å². The van der Waals surface area contributed by atoms with Crippen LogP contribution in [0.1, 0.15) is 27.7 Å². The second-order valence-corrected chi connectivity index (χ2v) is 7.77. The number of ether oxygens (including phenoxy) is 2. The predicted octanol–water partition coefficient (Wildman–Crippen LogP) is 0.571. The highest BCUT2D eigenvalue weighted by Gasteiger charge is 2.52. The lowest BCUT2D eigenvalue weighted by molar-refractivity contribution is -0.216. The van der Waals surface area contributed by atoms with E-state index in [9.17, 15) is 8.42 Å². The Morgan fingerprint density at radius 3 is 2.35 bits per heavy atom. The first-order valence-corrected chi connectivity index (χ1v) is 7.61. The molecule has 1 N–H and O–H groups in total. The summed E-state index contributed by atoms with van der Waals surface area (Å²) in [5.74, 6) is -1.27. The summed E-state index contributed by atoms with van der Waals surface area (Å²) in [5.41, 5.74) is -0.473. The van der Waals surface area contributed by atoms with Crippen molar-refractivity contribution in [3.63, 3.8) is 0 Å². The first-order chi connectivity index (χ1) is 7.66. The van der Waals surface area contributed by atoms with Crippen LogP contribution in [0, 0.1) is 5.41 Å². The van der Waals surface area contributed by atoms with E-state index in [1.807, 2.05) is 20.8 Å². The molecule has 0 saturated carbocycles. The van der Waals surface area contributed by atoms with Crippen molar-refractivity contribution in [2.45, 2.75) is 39.6 Å². The van der Waals surface area contributed by atoms with Crippen LogP contribution in [0.2, 0.25) is 0 Å². The van der Waals surface area contributed by atoms with Crippen molar-refractivity contribution in [3.8, 4) is 0 Å². The molecule has 2 atom stereocenters. The normalized spacial score (nSPS) is 30.8. The number of sulfone groups is 1. The highest BCUT2D eigenvalue weighted by molar-refractivity contribution is 7.91. The molecule has 0 radical (unpaired) electrons. The molecule has 1 heterocycles. The fraction of sp³-hybridized carbons (Fsp3) is 1.00. The molecule has 1 aliphatic heterocycles. The van der Waals surface area contributed by atoms with Gasteiger partial charge in [0.25, 0.3) is 0 Å². The molecule has 0 unspecified atom stereocenters. The van der Waals surface area contributed by atoms with Gasteiger partial charge in [0.2, 0.25) is 0 Å². The summed E-state index contributed by atoms with van der Waals surface area (Å²) >= 11 is 0. The first-order valence-electron chi connectivity index (χ1n) is 5.79. The summed E-state index contributed by atoms with van der Waals surface area (Å²) in [6.07, 6.45) is -0.443. The molecular formula is C11H22O5S. The third-order valence-electron chi connectivity index (χ3n) is 3.06. The fourth-order valence-electron chi connectivity index (χ4n) is 1.73. The van der Waals surface area contributed by atoms with Gasteiger partial charge in [-0.3, -0.25) is 0 Å². The lowest BCUT2D eigenvalue weighted by Crippen LogP contribution is -2.50. The second-order valence-electron chi connectivity index (χ2n) is 5.41. The highest BCUT2D eigenvalue weighted by Crippen LogP contribution is 2.41. The molecule has 6 heteroatoms. The van der Waals surface area contributed by atoms with Crippen LogP contribution < -0.4 is 0 Å². The summed E-state index contributed by atoms with van der Waals surface area (Å²) in [6.45, 7) is 7.29. The zero-order valence-electron chi connectivity index (χ0n) is 10.9. The Balaban J connectivity index is 2.98. The largest absolute Gasteiger partial charge is 0.394 e. The third kappa shape index (κ3) is 3.19. The van der Waals surface area contributed by atoms with Crippen molar-refractivity contribution >= 4 is 9.84 Å². The molecule has 0 bridgehead atoms. The maximum Gasteiger partial charge on any atom is 0.187 e. The van der Waals surface area contributed by atoms with Gasteiger partial charge in [0.05, 0.1) is 13.2 Å². The van der Waals surface area contributed by atoms with Crippen LogP contribution in [0.15, 0.2) is 0 Å².